The second kappa shape index (κ2) is 7.13. The highest BCUT2D eigenvalue weighted by Gasteiger charge is 2.29. The molecule has 0 spiro atoms. The highest BCUT2D eigenvalue weighted by atomic mass is 32.2. The molecular weight excluding hydrogens is 302 g/mol. The van der Waals surface area contributed by atoms with E-state index in [1.54, 1.807) is 24.3 Å². The lowest BCUT2D eigenvalue weighted by molar-refractivity contribution is 0.0941. The lowest BCUT2D eigenvalue weighted by Gasteiger charge is -2.12. The Morgan fingerprint density at radius 3 is 2.55 bits per heavy atom. The van der Waals surface area contributed by atoms with Gasteiger partial charge in [-0.1, -0.05) is 13.8 Å². The maximum absolute atomic E-state index is 12.1. The van der Waals surface area contributed by atoms with Gasteiger partial charge in [-0.3, -0.25) is 4.79 Å². The number of carbonyl (C=O) groups excluding carboxylic acids is 1. The Kier molecular flexibility index (Phi) is 5.45. The van der Waals surface area contributed by atoms with Crippen LogP contribution in [0.4, 0.5) is 0 Å². The second-order valence-corrected chi connectivity index (χ2v) is 8.36. The molecule has 5 nitrogen and oxygen atoms in total. The number of amides is 1. The first-order chi connectivity index (χ1) is 10.4. The van der Waals surface area contributed by atoms with Crippen molar-refractivity contribution in [3.8, 4) is 5.75 Å². The van der Waals surface area contributed by atoms with Crippen molar-refractivity contribution in [2.75, 3.05) is 18.1 Å². The van der Waals surface area contributed by atoms with Gasteiger partial charge in [0.15, 0.2) is 9.84 Å². The zero-order chi connectivity index (χ0) is 16.2. The summed E-state index contributed by atoms with van der Waals surface area (Å²) < 4.78 is 28.4. The highest BCUT2D eigenvalue weighted by molar-refractivity contribution is 7.91. The molecule has 1 aromatic carbocycles. The summed E-state index contributed by atoms with van der Waals surface area (Å²) in [5.41, 5.74) is 0.514. The van der Waals surface area contributed by atoms with E-state index in [-0.39, 0.29) is 23.5 Å². The Labute approximate surface area is 132 Å². The number of sulfone groups is 1. The van der Waals surface area contributed by atoms with E-state index in [4.69, 9.17) is 4.74 Å². The zero-order valence-electron chi connectivity index (χ0n) is 13.0. The number of carbonyl (C=O) groups is 1. The minimum atomic E-state index is -2.98. The third-order valence-corrected chi connectivity index (χ3v) is 5.42. The molecule has 1 aliphatic heterocycles. The van der Waals surface area contributed by atoms with Crippen LogP contribution in [0.15, 0.2) is 24.3 Å². The molecule has 1 amide bonds. The van der Waals surface area contributed by atoms with E-state index >= 15 is 0 Å². The van der Waals surface area contributed by atoms with E-state index in [0.29, 0.717) is 24.5 Å². The first-order valence-corrected chi connectivity index (χ1v) is 9.42. The van der Waals surface area contributed by atoms with Gasteiger partial charge in [0.1, 0.15) is 5.75 Å². The third-order valence-electron chi connectivity index (χ3n) is 3.65. The van der Waals surface area contributed by atoms with Crippen molar-refractivity contribution in [1.29, 1.82) is 0 Å². The molecule has 2 rings (SSSR count). The summed E-state index contributed by atoms with van der Waals surface area (Å²) in [5, 5.41) is 2.77. The van der Waals surface area contributed by atoms with Gasteiger partial charge in [0.2, 0.25) is 0 Å². The molecule has 0 aliphatic carbocycles. The first kappa shape index (κ1) is 16.8. The summed E-state index contributed by atoms with van der Waals surface area (Å²) in [6.45, 7) is 4.93. The van der Waals surface area contributed by atoms with Crippen LogP contribution >= 0.6 is 0 Å². The van der Waals surface area contributed by atoms with Crippen LogP contribution in [0.1, 0.15) is 37.0 Å². The predicted octanol–water partition coefficient (Wildman–Crippen LogP) is 2.03. The van der Waals surface area contributed by atoms with E-state index in [0.717, 1.165) is 12.2 Å². The molecule has 0 saturated carbocycles. The summed E-state index contributed by atoms with van der Waals surface area (Å²) in [4.78, 5) is 12.1. The number of benzene rings is 1. The number of hydrogen-bond donors (Lipinski definition) is 1. The number of hydrogen-bond acceptors (Lipinski definition) is 4. The lowest BCUT2D eigenvalue weighted by Crippen LogP contribution is -2.35. The second-order valence-electron chi connectivity index (χ2n) is 6.13. The van der Waals surface area contributed by atoms with Gasteiger partial charge in [-0.05, 0) is 43.0 Å². The van der Waals surface area contributed by atoms with Crippen LogP contribution in [0.25, 0.3) is 0 Å². The van der Waals surface area contributed by atoms with Crippen LogP contribution in [0.5, 0.6) is 5.75 Å². The summed E-state index contributed by atoms with van der Waals surface area (Å²) in [5.74, 6) is 1.28. The average molecular weight is 325 g/mol. The van der Waals surface area contributed by atoms with Gasteiger partial charge in [0, 0.05) is 11.6 Å². The summed E-state index contributed by atoms with van der Waals surface area (Å²) in [7, 11) is -2.98. The van der Waals surface area contributed by atoms with Crippen molar-refractivity contribution in [1.82, 2.24) is 5.32 Å². The van der Waals surface area contributed by atoms with Crippen molar-refractivity contribution in [3.63, 3.8) is 0 Å². The molecule has 1 unspecified atom stereocenters. The largest absolute Gasteiger partial charge is 0.494 e. The number of ether oxygens (including phenoxy) is 1. The van der Waals surface area contributed by atoms with Gasteiger partial charge in [0.05, 0.1) is 18.1 Å². The molecule has 1 N–H and O–H groups in total. The average Bonchev–Trinajstić information content (AvgIpc) is 2.78. The van der Waals surface area contributed by atoms with Gasteiger partial charge in [0.25, 0.3) is 5.91 Å². The monoisotopic (exact) mass is 325 g/mol. The quantitative estimate of drug-likeness (QED) is 0.868. The van der Waals surface area contributed by atoms with Crippen molar-refractivity contribution < 1.29 is 17.9 Å². The standard InChI is InChI=1S/C16H23NO4S/c1-12(2)7-9-21-15-5-3-13(4-6-15)16(18)17-14-8-10-22(19,20)11-14/h3-6,12,14H,7-11H2,1-2H3,(H,17,18). The number of nitrogens with one attached hydrogen (secondary N) is 1. The fourth-order valence-corrected chi connectivity index (χ4v) is 3.97. The minimum Gasteiger partial charge on any atom is -0.494 e. The van der Waals surface area contributed by atoms with Gasteiger partial charge in [-0.25, -0.2) is 8.42 Å². The fourth-order valence-electron chi connectivity index (χ4n) is 2.29. The van der Waals surface area contributed by atoms with E-state index in [2.05, 4.69) is 19.2 Å². The van der Waals surface area contributed by atoms with Crippen molar-refractivity contribution >= 4 is 15.7 Å². The van der Waals surface area contributed by atoms with E-state index < -0.39 is 9.84 Å². The Bertz CT molecular complexity index is 608. The molecule has 0 bridgehead atoms. The molecule has 122 valence electrons. The van der Waals surface area contributed by atoms with Crippen LogP contribution in [-0.4, -0.2) is 38.5 Å². The molecule has 6 heteroatoms. The Hall–Kier alpha value is -1.56. The van der Waals surface area contributed by atoms with Gasteiger partial charge < -0.3 is 10.1 Å². The first-order valence-electron chi connectivity index (χ1n) is 7.60. The molecular formula is C16H23NO4S. The Morgan fingerprint density at radius 2 is 2.00 bits per heavy atom. The van der Waals surface area contributed by atoms with Crippen molar-refractivity contribution in [2.24, 2.45) is 5.92 Å². The van der Waals surface area contributed by atoms with Crippen LogP contribution in [-0.2, 0) is 9.84 Å². The van der Waals surface area contributed by atoms with E-state index in [1.165, 1.54) is 0 Å². The van der Waals surface area contributed by atoms with Gasteiger partial charge in [-0.15, -0.1) is 0 Å². The predicted molar refractivity (Wildman–Crippen MR) is 85.9 cm³/mol. The van der Waals surface area contributed by atoms with Crippen molar-refractivity contribution in [3.05, 3.63) is 29.8 Å². The SMILES string of the molecule is CC(C)CCOc1ccc(C(=O)NC2CCS(=O)(=O)C2)cc1. The van der Waals surface area contributed by atoms with E-state index in [1.807, 2.05) is 0 Å². The highest BCUT2D eigenvalue weighted by Crippen LogP contribution is 2.15. The lowest BCUT2D eigenvalue weighted by atomic mass is 10.1. The van der Waals surface area contributed by atoms with Gasteiger partial charge >= 0.3 is 0 Å². The molecule has 1 saturated heterocycles. The van der Waals surface area contributed by atoms with Gasteiger partial charge in [-0.2, -0.15) is 0 Å². The van der Waals surface area contributed by atoms with E-state index in [9.17, 15) is 13.2 Å². The summed E-state index contributed by atoms with van der Waals surface area (Å²) >= 11 is 0. The molecule has 1 heterocycles. The van der Waals surface area contributed by atoms with Crippen LogP contribution < -0.4 is 10.1 Å². The minimum absolute atomic E-state index is 0.0368. The normalized spacial score (nSPS) is 20.0. The molecule has 0 radical (unpaired) electrons. The van der Waals surface area contributed by atoms with Crippen LogP contribution in [0.3, 0.4) is 0 Å². The molecule has 22 heavy (non-hydrogen) atoms. The molecule has 1 aromatic rings. The molecule has 1 fully saturated rings. The van der Waals surface area contributed by atoms with Crippen LogP contribution in [0, 0.1) is 5.92 Å². The molecule has 0 aromatic heterocycles. The smallest absolute Gasteiger partial charge is 0.251 e. The maximum Gasteiger partial charge on any atom is 0.251 e. The molecule has 1 aliphatic rings. The third kappa shape index (κ3) is 5.02. The fraction of sp³-hybridized carbons (Fsp3) is 0.562. The topological polar surface area (TPSA) is 72.5 Å². The van der Waals surface area contributed by atoms with Crippen molar-refractivity contribution in [2.45, 2.75) is 32.7 Å². The maximum atomic E-state index is 12.1. The zero-order valence-corrected chi connectivity index (χ0v) is 13.9. The summed E-state index contributed by atoms with van der Waals surface area (Å²) in [6, 6.07) is 6.65. The Balaban J connectivity index is 1.86. The molecule has 1 atom stereocenters. The number of rotatable bonds is 6. The summed E-state index contributed by atoms with van der Waals surface area (Å²) in [6.07, 6.45) is 1.48. The Morgan fingerprint density at radius 1 is 1.32 bits per heavy atom. The van der Waals surface area contributed by atoms with Crippen LogP contribution in [0.2, 0.25) is 0 Å².